The van der Waals surface area contributed by atoms with Crippen molar-refractivity contribution >= 4 is 0 Å². The zero-order valence-electron chi connectivity index (χ0n) is 7.05. The van der Waals surface area contributed by atoms with Gasteiger partial charge in [0.25, 0.3) is 0 Å². The van der Waals surface area contributed by atoms with Gasteiger partial charge in [0, 0.05) is 0 Å². The van der Waals surface area contributed by atoms with Gasteiger partial charge in [-0.3, -0.25) is 0 Å². The number of benzene rings is 1. The van der Waals surface area contributed by atoms with Crippen LogP contribution in [0.2, 0.25) is 0 Å². The van der Waals surface area contributed by atoms with Crippen LogP contribution in [0.4, 0.5) is 0 Å². The molecule has 0 aromatic heterocycles. The van der Waals surface area contributed by atoms with E-state index in [1.54, 1.807) is 0 Å². The highest BCUT2D eigenvalue weighted by molar-refractivity contribution is 5.33. The van der Waals surface area contributed by atoms with E-state index in [2.05, 4.69) is 6.92 Å². The zero-order chi connectivity index (χ0) is 8.27. The summed E-state index contributed by atoms with van der Waals surface area (Å²) in [6, 6.07) is 6.03. The molecule has 11 heavy (non-hydrogen) atoms. The molecule has 0 bridgehead atoms. The van der Waals surface area contributed by atoms with Gasteiger partial charge >= 0.3 is 0 Å². The number of aryl methyl sites for hydroxylation is 2. The lowest BCUT2D eigenvalue weighted by atomic mass is 10.0. The van der Waals surface area contributed by atoms with Crippen LogP contribution in [0, 0.1) is 6.92 Å². The predicted octanol–water partition coefficient (Wildman–Crippen LogP) is 2.49. The van der Waals surface area contributed by atoms with Gasteiger partial charge in [-0.25, -0.2) is 5.11 Å². The van der Waals surface area contributed by atoms with Gasteiger partial charge in [-0.05, 0) is 30.0 Å². The standard InChI is InChI=1S/C10H13O/c1-3-9-6-4-5-8(2)10(9)7-11/h4-6H,3,7H2,1-2H3. The highest BCUT2D eigenvalue weighted by atomic mass is 16.3. The first-order chi connectivity index (χ1) is 5.29. The highest BCUT2D eigenvalue weighted by Gasteiger charge is 2.01. The molecule has 0 spiro atoms. The van der Waals surface area contributed by atoms with Crippen LogP contribution in [-0.2, 0) is 18.1 Å². The number of rotatable bonds is 2. The minimum absolute atomic E-state index is 0.0875. The van der Waals surface area contributed by atoms with Crippen molar-refractivity contribution in [3.05, 3.63) is 34.9 Å². The van der Waals surface area contributed by atoms with E-state index in [0.717, 1.165) is 17.5 Å². The Morgan fingerprint density at radius 3 is 2.55 bits per heavy atom. The van der Waals surface area contributed by atoms with Gasteiger partial charge in [-0.1, -0.05) is 25.1 Å². The Morgan fingerprint density at radius 1 is 1.36 bits per heavy atom. The maximum atomic E-state index is 10.7. The maximum Gasteiger partial charge on any atom is 0.108 e. The van der Waals surface area contributed by atoms with Crippen molar-refractivity contribution in [3.63, 3.8) is 0 Å². The Hall–Kier alpha value is -0.820. The number of hydrogen-bond acceptors (Lipinski definition) is 0. The first-order valence-electron chi connectivity index (χ1n) is 3.95. The normalized spacial score (nSPS) is 10.1. The molecule has 1 rings (SSSR count). The van der Waals surface area contributed by atoms with E-state index in [9.17, 15) is 5.11 Å². The molecule has 0 atom stereocenters. The molecule has 0 saturated heterocycles. The van der Waals surface area contributed by atoms with E-state index in [1.165, 1.54) is 5.56 Å². The molecule has 0 N–H and O–H groups in total. The number of hydrogen-bond donors (Lipinski definition) is 0. The fourth-order valence-electron chi connectivity index (χ4n) is 1.30. The van der Waals surface area contributed by atoms with Crippen LogP contribution in [-0.4, -0.2) is 0 Å². The molecule has 1 radical (unpaired) electrons. The van der Waals surface area contributed by atoms with Crippen LogP contribution in [0.5, 0.6) is 0 Å². The molecule has 0 saturated carbocycles. The second-order valence-corrected chi connectivity index (χ2v) is 2.71. The lowest BCUT2D eigenvalue weighted by molar-refractivity contribution is 0.176. The van der Waals surface area contributed by atoms with Crippen LogP contribution in [0.3, 0.4) is 0 Å². The van der Waals surface area contributed by atoms with Crippen LogP contribution in [0.25, 0.3) is 0 Å². The average molecular weight is 149 g/mol. The lowest BCUT2D eigenvalue weighted by Crippen LogP contribution is -1.94. The molecule has 1 heteroatoms. The van der Waals surface area contributed by atoms with Gasteiger partial charge in [-0.2, -0.15) is 0 Å². The van der Waals surface area contributed by atoms with Crippen molar-refractivity contribution in [1.82, 2.24) is 0 Å². The molecule has 0 unspecified atom stereocenters. The molecule has 0 amide bonds. The van der Waals surface area contributed by atoms with Crippen LogP contribution in [0.15, 0.2) is 18.2 Å². The molecule has 1 aromatic rings. The predicted molar refractivity (Wildman–Crippen MR) is 44.9 cm³/mol. The van der Waals surface area contributed by atoms with Crippen molar-refractivity contribution < 1.29 is 5.11 Å². The molecular weight excluding hydrogens is 136 g/mol. The molecule has 1 nitrogen and oxygen atoms in total. The third-order valence-corrected chi connectivity index (χ3v) is 2.03. The first kappa shape index (κ1) is 8.28. The second-order valence-electron chi connectivity index (χ2n) is 2.71. The van der Waals surface area contributed by atoms with Crippen molar-refractivity contribution in [2.24, 2.45) is 0 Å². The Labute approximate surface area is 67.7 Å². The van der Waals surface area contributed by atoms with Crippen LogP contribution in [0.1, 0.15) is 23.6 Å². The average Bonchev–Trinajstić information content (AvgIpc) is 2.04. The minimum Gasteiger partial charge on any atom is -0.232 e. The highest BCUT2D eigenvalue weighted by Crippen LogP contribution is 2.14. The van der Waals surface area contributed by atoms with Gasteiger partial charge in [0.2, 0.25) is 0 Å². The van der Waals surface area contributed by atoms with Gasteiger partial charge < -0.3 is 0 Å². The van der Waals surface area contributed by atoms with Gasteiger partial charge in [-0.15, -0.1) is 0 Å². The Kier molecular flexibility index (Phi) is 2.66. The Balaban J connectivity index is 3.13. The molecule has 0 aliphatic carbocycles. The maximum absolute atomic E-state index is 10.7. The van der Waals surface area contributed by atoms with E-state index in [4.69, 9.17) is 0 Å². The quantitative estimate of drug-likeness (QED) is 0.615. The summed E-state index contributed by atoms with van der Waals surface area (Å²) >= 11 is 0. The summed E-state index contributed by atoms with van der Waals surface area (Å²) in [5, 5.41) is 10.7. The molecule has 0 fully saturated rings. The summed E-state index contributed by atoms with van der Waals surface area (Å²) in [7, 11) is 0. The van der Waals surface area contributed by atoms with Crippen molar-refractivity contribution in [2.75, 3.05) is 0 Å². The fraction of sp³-hybridized carbons (Fsp3) is 0.400. The molecule has 0 aliphatic heterocycles. The summed E-state index contributed by atoms with van der Waals surface area (Å²) in [6.07, 6.45) is 0.958. The smallest absolute Gasteiger partial charge is 0.108 e. The van der Waals surface area contributed by atoms with Crippen LogP contribution >= 0.6 is 0 Å². The molecule has 1 aromatic carbocycles. The monoisotopic (exact) mass is 149 g/mol. The molecule has 0 aliphatic rings. The van der Waals surface area contributed by atoms with Gasteiger partial charge in [0.1, 0.15) is 6.61 Å². The topological polar surface area (TPSA) is 19.9 Å². The fourth-order valence-corrected chi connectivity index (χ4v) is 1.30. The first-order valence-corrected chi connectivity index (χ1v) is 3.95. The van der Waals surface area contributed by atoms with Crippen molar-refractivity contribution in [2.45, 2.75) is 26.9 Å². The Bertz CT molecular complexity index is 241. The van der Waals surface area contributed by atoms with E-state index < -0.39 is 0 Å². The third-order valence-electron chi connectivity index (χ3n) is 2.03. The lowest BCUT2D eigenvalue weighted by Gasteiger charge is -2.06. The third kappa shape index (κ3) is 1.60. The van der Waals surface area contributed by atoms with Gasteiger partial charge in [0.05, 0.1) is 0 Å². The summed E-state index contributed by atoms with van der Waals surface area (Å²) in [5.41, 5.74) is 3.30. The minimum atomic E-state index is -0.0875. The summed E-state index contributed by atoms with van der Waals surface area (Å²) < 4.78 is 0. The second kappa shape index (κ2) is 3.54. The van der Waals surface area contributed by atoms with E-state index in [0.29, 0.717) is 0 Å². The van der Waals surface area contributed by atoms with Crippen molar-refractivity contribution in [3.8, 4) is 0 Å². The summed E-state index contributed by atoms with van der Waals surface area (Å²) in [4.78, 5) is 0. The summed E-state index contributed by atoms with van der Waals surface area (Å²) in [6.45, 7) is 3.98. The molecule has 0 heterocycles. The van der Waals surface area contributed by atoms with Crippen LogP contribution < -0.4 is 0 Å². The zero-order valence-corrected chi connectivity index (χ0v) is 7.05. The molecule has 59 valence electrons. The Morgan fingerprint density at radius 2 is 2.09 bits per heavy atom. The molecular formula is C10H13O. The summed E-state index contributed by atoms with van der Waals surface area (Å²) in [5.74, 6) is 0. The van der Waals surface area contributed by atoms with Gasteiger partial charge in [0.15, 0.2) is 0 Å². The van der Waals surface area contributed by atoms with E-state index in [-0.39, 0.29) is 6.61 Å². The van der Waals surface area contributed by atoms with E-state index >= 15 is 0 Å². The largest absolute Gasteiger partial charge is 0.232 e. The van der Waals surface area contributed by atoms with E-state index in [1.807, 2.05) is 25.1 Å². The SMILES string of the molecule is CCc1cccc(C)c1C[O]. The van der Waals surface area contributed by atoms with Crippen molar-refractivity contribution in [1.29, 1.82) is 0 Å².